The zero-order valence-corrected chi connectivity index (χ0v) is 18.5. The van der Waals surface area contributed by atoms with E-state index >= 15 is 0 Å². The van der Waals surface area contributed by atoms with Gasteiger partial charge in [0, 0.05) is 9.99 Å². The molecule has 9 heteroatoms. The van der Waals surface area contributed by atoms with Crippen LogP contribution in [0.15, 0.2) is 24.3 Å². The number of carbonyl (C=O) groups excluding carboxylic acids is 2. The molecule has 1 unspecified atom stereocenters. The Kier molecular flexibility index (Phi) is 6.45. The van der Waals surface area contributed by atoms with Crippen LogP contribution in [0.1, 0.15) is 38.1 Å². The van der Waals surface area contributed by atoms with Crippen molar-refractivity contribution in [1.29, 1.82) is 0 Å². The number of hydrogen-bond acceptors (Lipinski definition) is 4. The minimum Gasteiger partial charge on any atom is -0.365 e. The van der Waals surface area contributed by atoms with Gasteiger partial charge in [-0.25, -0.2) is 0 Å². The lowest BCUT2D eigenvalue weighted by atomic mass is 10.0. The van der Waals surface area contributed by atoms with E-state index in [4.69, 9.17) is 18.0 Å². The third-order valence-corrected chi connectivity index (χ3v) is 6.84. The Morgan fingerprint density at radius 2 is 2.11 bits per heavy atom. The first-order valence-electron chi connectivity index (χ1n) is 8.55. The molecule has 142 valence electrons. The van der Waals surface area contributed by atoms with Crippen LogP contribution >= 0.6 is 46.1 Å². The minimum atomic E-state index is -0.471. The topological polar surface area (TPSA) is 88.7 Å². The Bertz CT molecular complexity index is 913. The molecule has 1 atom stereocenters. The number of carbonyl (C=O) groups is 2. The molecule has 6 nitrogen and oxygen atoms in total. The molecule has 1 aromatic heterocycles. The molecule has 0 saturated heterocycles. The number of thiophene rings is 1. The fraction of sp³-hybridized carbons (Fsp3) is 0.278. The highest BCUT2D eigenvalue weighted by Crippen LogP contribution is 2.34. The summed E-state index contributed by atoms with van der Waals surface area (Å²) in [5, 5.41) is 6.45. The first-order chi connectivity index (χ1) is 12.9. The van der Waals surface area contributed by atoms with Gasteiger partial charge in [-0.15, -0.1) is 11.3 Å². The minimum absolute atomic E-state index is 0.153. The van der Waals surface area contributed by atoms with Crippen LogP contribution in [0.3, 0.4) is 0 Å². The average molecular weight is 515 g/mol. The molecule has 3 rings (SSSR count). The molecule has 1 aliphatic rings. The number of fused-ring (bicyclic) bond motifs is 1. The number of quaternary nitrogens is 1. The van der Waals surface area contributed by atoms with Gasteiger partial charge in [-0.05, 0) is 59.4 Å². The van der Waals surface area contributed by atoms with Crippen molar-refractivity contribution >= 4 is 68.1 Å². The van der Waals surface area contributed by atoms with Crippen molar-refractivity contribution in [2.24, 2.45) is 5.73 Å². The summed E-state index contributed by atoms with van der Waals surface area (Å²) in [5.74, 6) is -0.761. The zero-order valence-electron chi connectivity index (χ0n) is 14.7. The average Bonchev–Trinajstić information content (AvgIpc) is 2.98. The number of halogens is 1. The highest BCUT2D eigenvalue weighted by molar-refractivity contribution is 14.1. The Balaban J connectivity index is 1.78. The number of primary amides is 1. The SMILES string of the molecule is CC[NH+]1CCc2c(sc(NC(=S)NC(=O)c3ccccc3I)c2C(N)=O)C1. The molecule has 0 bridgehead atoms. The van der Waals surface area contributed by atoms with Gasteiger partial charge in [-0.3, -0.25) is 14.9 Å². The van der Waals surface area contributed by atoms with Crippen LogP contribution in [-0.4, -0.2) is 30.0 Å². The van der Waals surface area contributed by atoms with E-state index in [1.165, 1.54) is 16.2 Å². The van der Waals surface area contributed by atoms with Crippen LogP contribution in [0.5, 0.6) is 0 Å². The molecular weight excluding hydrogens is 495 g/mol. The molecule has 27 heavy (non-hydrogen) atoms. The van der Waals surface area contributed by atoms with Crippen molar-refractivity contribution in [3.8, 4) is 0 Å². The molecule has 2 amide bonds. The smallest absolute Gasteiger partial charge is 0.258 e. The summed E-state index contributed by atoms with van der Waals surface area (Å²) < 4.78 is 0.836. The largest absolute Gasteiger partial charge is 0.365 e. The first-order valence-corrected chi connectivity index (χ1v) is 10.9. The van der Waals surface area contributed by atoms with E-state index < -0.39 is 5.91 Å². The summed E-state index contributed by atoms with van der Waals surface area (Å²) in [6.45, 7) is 5.04. The Labute approximate surface area is 180 Å². The monoisotopic (exact) mass is 515 g/mol. The lowest BCUT2D eigenvalue weighted by Crippen LogP contribution is -3.11. The van der Waals surface area contributed by atoms with Gasteiger partial charge >= 0.3 is 0 Å². The second-order valence-corrected chi connectivity index (χ2v) is 8.92. The number of nitrogens with two attached hydrogens (primary N) is 1. The fourth-order valence-electron chi connectivity index (χ4n) is 3.14. The molecule has 0 aliphatic carbocycles. The molecule has 1 aromatic carbocycles. The molecule has 0 fully saturated rings. The number of anilines is 1. The number of likely N-dealkylation sites (N-methyl/N-ethyl adjacent to an activating group) is 1. The van der Waals surface area contributed by atoms with Crippen molar-refractivity contribution in [3.05, 3.63) is 49.4 Å². The normalized spacial score (nSPS) is 15.7. The maximum Gasteiger partial charge on any atom is 0.258 e. The van der Waals surface area contributed by atoms with E-state index in [2.05, 4.69) is 40.1 Å². The summed E-state index contributed by atoms with van der Waals surface area (Å²) in [6.07, 6.45) is 0.816. The number of amides is 2. The highest BCUT2D eigenvalue weighted by atomic mass is 127. The molecule has 0 radical (unpaired) electrons. The maximum atomic E-state index is 12.4. The second kappa shape index (κ2) is 8.63. The van der Waals surface area contributed by atoms with E-state index in [1.807, 2.05) is 12.1 Å². The van der Waals surface area contributed by atoms with Crippen LogP contribution < -0.4 is 21.3 Å². The van der Waals surface area contributed by atoms with Crippen molar-refractivity contribution in [2.75, 3.05) is 18.4 Å². The molecule has 5 N–H and O–H groups in total. The lowest BCUT2D eigenvalue weighted by Gasteiger charge is -2.22. The number of hydrogen-bond donors (Lipinski definition) is 4. The third-order valence-electron chi connectivity index (χ3n) is 4.55. The number of thiocarbonyl (C=S) groups is 1. The fourth-order valence-corrected chi connectivity index (χ4v) is 5.36. The maximum absolute atomic E-state index is 12.4. The predicted octanol–water partition coefficient (Wildman–Crippen LogP) is 1.54. The molecule has 1 aliphatic heterocycles. The molecule has 0 spiro atoms. The Morgan fingerprint density at radius 3 is 2.78 bits per heavy atom. The summed E-state index contributed by atoms with van der Waals surface area (Å²) >= 11 is 8.89. The lowest BCUT2D eigenvalue weighted by molar-refractivity contribution is -0.913. The summed E-state index contributed by atoms with van der Waals surface area (Å²) in [6, 6.07) is 7.26. The van der Waals surface area contributed by atoms with Gasteiger partial charge in [0.1, 0.15) is 11.5 Å². The summed E-state index contributed by atoms with van der Waals surface area (Å²) in [4.78, 5) is 27.1. The van der Waals surface area contributed by atoms with Gasteiger partial charge in [0.15, 0.2) is 5.11 Å². The molecule has 0 saturated carbocycles. The third kappa shape index (κ3) is 4.48. The van der Waals surface area contributed by atoms with E-state index in [0.29, 0.717) is 16.1 Å². The standard InChI is InChI=1S/C18H19IN4O2S2/c1-2-23-8-7-11-13(9-23)27-17(14(11)15(20)24)22-18(26)21-16(25)10-5-3-4-6-12(10)19/h3-6H,2,7-9H2,1H3,(H2,20,24)(H2,21,22,25,26)/p+1. The van der Waals surface area contributed by atoms with Crippen LogP contribution in [0.25, 0.3) is 0 Å². The van der Waals surface area contributed by atoms with Crippen LogP contribution in [0.4, 0.5) is 5.00 Å². The number of rotatable bonds is 4. The number of benzene rings is 1. The molecular formula is C18H20IN4O2S2+. The van der Waals surface area contributed by atoms with Gasteiger partial charge < -0.3 is 16.0 Å². The first kappa shape index (κ1) is 20.2. The van der Waals surface area contributed by atoms with E-state index in [9.17, 15) is 9.59 Å². The van der Waals surface area contributed by atoms with Crippen molar-refractivity contribution in [3.63, 3.8) is 0 Å². The zero-order chi connectivity index (χ0) is 19.6. The van der Waals surface area contributed by atoms with Gasteiger partial charge in [0.05, 0.1) is 29.1 Å². The highest BCUT2D eigenvalue weighted by Gasteiger charge is 2.29. The van der Waals surface area contributed by atoms with E-state index in [0.717, 1.165) is 40.1 Å². The van der Waals surface area contributed by atoms with Crippen molar-refractivity contribution in [2.45, 2.75) is 19.9 Å². The summed E-state index contributed by atoms with van der Waals surface area (Å²) in [5.41, 5.74) is 7.68. The second-order valence-electron chi connectivity index (χ2n) is 6.24. The van der Waals surface area contributed by atoms with Crippen LogP contribution in [0, 0.1) is 3.57 Å². The Morgan fingerprint density at radius 1 is 1.37 bits per heavy atom. The quantitative estimate of drug-likeness (QED) is 0.368. The predicted molar refractivity (Wildman–Crippen MR) is 119 cm³/mol. The summed E-state index contributed by atoms with van der Waals surface area (Å²) in [7, 11) is 0. The van der Waals surface area contributed by atoms with Crippen LogP contribution in [0.2, 0.25) is 0 Å². The van der Waals surface area contributed by atoms with Crippen LogP contribution in [-0.2, 0) is 13.0 Å². The molecule has 2 aromatic rings. The van der Waals surface area contributed by atoms with Gasteiger partial charge in [-0.2, -0.15) is 0 Å². The Hall–Kier alpha value is -1.56. The van der Waals surface area contributed by atoms with Gasteiger partial charge in [0.2, 0.25) is 0 Å². The number of nitrogens with one attached hydrogen (secondary N) is 3. The van der Waals surface area contributed by atoms with E-state index in [1.54, 1.807) is 12.1 Å². The van der Waals surface area contributed by atoms with E-state index in [-0.39, 0.29) is 11.0 Å². The van der Waals surface area contributed by atoms with Crippen molar-refractivity contribution < 1.29 is 14.5 Å². The van der Waals surface area contributed by atoms with Gasteiger partial charge in [0.25, 0.3) is 11.8 Å². The molecule has 2 heterocycles. The van der Waals surface area contributed by atoms with Gasteiger partial charge in [-0.1, -0.05) is 12.1 Å². The van der Waals surface area contributed by atoms with Crippen molar-refractivity contribution in [1.82, 2.24) is 5.32 Å².